The van der Waals surface area contributed by atoms with Gasteiger partial charge in [-0.25, -0.2) is 0 Å². The Morgan fingerprint density at radius 2 is 2.07 bits per heavy atom. The molecule has 1 amide bonds. The number of rotatable bonds is 7. The lowest BCUT2D eigenvalue weighted by molar-refractivity contribution is -0.140. The summed E-state index contributed by atoms with van der Waals surface area (Å²) in [5.74, 6) is -1.18. The Hall–Kier alpha value is -2.90. The number of aromatic nitrogens is 1. The number of pyridine rings is 1. The number of amides is 1. The number of likely N-dealkylation sites (N-methyl/N-ethyl adjacent to an activating group) is 1. The summed E-state index contributed by atoms with van der Waals surface area (Å²) in [5.41, 5.74) is 1.00. The molecule has 1 saturated heterocycles. The molecular weight excluding hydrogens is 406 g/mol. The van der Waals surface area contributed by atoms with Crippen molar-refractivity contribution in [1.29, 1.82) is 0 Å². The number of nitrogens with zero attached hydrogens (tertiary/aromatic N) is 3. The summed E-state index contributed by atoms with van der Waals surface area (Å²) in [6, 6.07) is 7.54. The van der Waals surface area contributed by atoms with Crippen LogP contribution in [0.5, 0.6) is 5.75 Å². The normalized spacial score (nSPS) is 18.3. The van der Waals surface area contributed by atoms with E-state index in [1.54, 1.807) is 36.7 Å². The van der Waals surface area contributed by atoms with Crippen molar-refractivity contribution >= 4 is 29.1 Å². The summed E-state index contributed by atoms with van der Waals surface area (Å²) in [7, 11) is 3.77. The minimum atomic E-state index is -0.732. The molecule has 1 aliphatic heterocycles. The van der Waals surface area contributed by atoms with E-state index < -0.39 is 17.7 Å². The van der Waals surface area contributed by atoms with Gasteiger partial charge in [0.05, 0.1) is 23.2 Å². The molecule has 0 unspecified atom stereocenters. The van der Waals surface area contributed by atoms with Crippen molar-refractivity contribution in [1.82, 2.24) is 14.8 Å². The number of ether oxygens (including phenoxy) is 1. The molecule has 0 bridgehead atoms. The maximum absolute atomic E-state index is 12.9. The van der Waals surface area contributed by atoms with E-state index in [1.165, 1.54) is 11.0 Å². The molecule has 1 aromatic heterocycles. The minimum absolute atomic E-state index is 0.0204. The van der Waals surface area contributed by atoms with Crippen molar-refractivity contribution < 1.29 is 19.4 Å². The molecule has 3 rings (SSSR count). The number of likely N-dealkylation sites (tertiary alicyclic amines) is 1. The third kappa shape index (κ3) is 4.32. The lowest BCUT2D eigenvalue weighted by atomic mass is 9.96. The number of carbonyl (C=O) groups is 2. The molecule has 1 aromatic carbocycles. The zero-order valence-corrected chi connectivity index (χ0v) is 17.9. The Labute approximate surface area is 180 Å². The Morgan fingerprint density at radius 1 is 1.30 bits per heavy atom. The predicted octanol–water partition coefficient (Wildman–Crippen LogP) is 3.12. The molecule has 1 aliphatic rings. The Kier molecular flexibility index (Phi) is 6.74. The number of ketones is 1. The van der Waals surface area contributed by atoms with E-state index in [4.69, 9.17) is 16.3 Å². The lowest BCUT2D eigenvalue weighted by Crippen LogP contribution is -2.35. The molecule has 1 N–H and O–H groups in total. The smallest absolute Gasteiger partial charge is 0.295 e. The van der Waals surface area contributed by atoms with Crippen molar-refractivity contribution in [2.75, 3.05) is 33.8 Å². The highest BCUT2D eigenvalue weighted by Gasteiger charge is 2.46. The second-order valence-electron chi connectivity index (χ2n) is 7.16. The number of hydrogen-bond acceptors (Lipinski definition) is 6. The van der Waals surface area contributed by atoms with Gasteiger partial charge in [-0.1, -0.05) is 17.7 Å². The fourth-order valence-electron chi connectivity index (χ4n) is 3.38. The quantitative estimate of drug-likeness (QED) is 0.413. The first-order valence-corrected chi connectivity index (χ1v) is 9.98. The summed E-state index contributed by atoms with van der Waals surface area (Å²) in [6.07, 6.45) is 3.21. The van der Waals surface area contributed by atoms with Crippen molar-refractivity contribution in [3.05, 3.63) is 64.4 Å². The van der Waals surface area contributed by atoms with Crippen molar-refractivity contribution in [3.8, 4) is 5.75 Å². The second-order valence-corrected chi connectivity index (χ2v) is 7.57. The largest absolute Gasteiger partial charge is 0.507 e. The summed E-state index contributed by atoms with van der Waals surface area (Å²) in [5, 5.41) is 11.3. The highest BCUT2D eigenvalue weighted by Crippen LogP contribution is 2.39. The highest BCUT2D eigenvalue weighted by molar-refractivity contribution is 6.46. The van der Waals surface area contributed by atoms with Crippen LogP contribution in [-0.2, 0) is 9.59 Å². The number of carbonyl (C=O) groups excluding carboxylic acids is 2. The van der Waals surface area contributed by atoms with Gasteiger partial charge in [0.25, 0.3) is 11.7 Å². The maximum Gasteiger partial charge on any atom is 0.295 e. The van der Waals surface area contributed by atoms with E-state index in [0.717, 1.165) is 0 Å². The van der Waals surface area contributed by atoms with E-state index in [-0.39, 0.29) is 11.3 Å². The number of aliphatic hydroxyl groups is 1. The van der Waals surface area contributed by atoms with Crippen molar-refractivity contribution in [3.63, 3.8) is 0 Å². The van der Waals surface area contributed by atoms with Crippen LogP contribution in [0.15, 0.2) is 48.3 Å². The van der Waals surface area contributed by atoms with E-state index in [1.807, 2.05) is 25.9 Å². The van der Waals surface area contributed by atoms with E-state index in [9.17, 15) is 14.7 Å². The summed E-state index contributed by atoms with van der Waals surface area (Å²) < 4.78 is 5.43. The topological polar surface area (TPSA) is 83.0 Å². The summed E-state index contributed by atoms with van der Waals surface area (Å²) in [6.45, 7) is 3.19. The standard InChI is InChI=1S/C22H24ClN3O4/c1-4-30-17-8-7-14(12-16(17)23)20(27)18-19(15-6-5-9-24-13-15)26(11-10-25(2)3)22(29)21(18)28/h5-9,12-13,19,27H,4,10-11H2,1-3H3/b20-18+/t19-/m0/s1. The van der Waals surface area contributed by atoms with Gasteiger partial charge < -0.3 is 19.6 Å². The molecule has 30 heavy (non-hydrogen) atoms. The predicted molar refractivity (Wildman–Crippen MR) is 114 cm³/mol. The third-order valence-electron chi connectivity index (χ3n) is 4.83. The van der Waals surface area contributed by atoms with Crippen LogP contribution in [0.25, 0.3) is 5.76 Å². The van der Waals surface area contributed by atoms with Gasteiger partial charge in [-0.15, -0.1) is 0 Å². The average Bonchev–Trinajstić information content (AvgIpc) is 2.98. The fraction of sp³-hybridized carbons (Fsp3) is 0.318. The van der Waals surface area contributed by atoms with Gasteiger partial charge in [-0.3, -0.25) is 14.6 Å². The zero-order chi connectivity index (χ0) is 21.8. The van der Waals surface area contributed by atoms with Crippen LogP contribution in [0.4, 0.5) is 0 Å². The number of benzene rings is 1. The number of halogens is 1. The van der Waals surface area contributed by atoms with Crippen molar-refractivity contribution in [2.45, 2.75) is 13.0 Å². The van der Waals surface area contributed by atoms with Gasteiger partial charge in [-0.2, -0.15) is 0 Å². The van der Waals surface area contributed by atoms with Gasteiger partial charge >= 0.3 is 0 Å². The van der Waals surface area contributed by atoms with Gasteiger partial charge in [0, 0.05) is 31.0 Å². The molecule has 2 heterocycles. The molecular formula is C22H24ClN3O4. The van der Waals surface area contributed by atoms with E-state index in [2.05, 4.69) is 4.98 Å². The molecule has 8 heteroatoms. The second kappa shape index (κ2) is 9.28. The third-order valence-corrected chi connectivity index (χ3v) is 5.13. The molecule has 0 aliphatic carbocycles. The Bertz CT molecular complexity index is 976. The number of Topliss-reactive ketones (excluding diaryl/α,β-unsaturated/α-hetero) is 1. The van der Waals surface area contributed by atoms with Crippen LogP contribution in [0.1, 0.15) is 24.1 Å². The minimum Gasteiger partial charge on any atom is -0.507 e. The first kappa shape index (κ1) is 21.8. The SMILES string of the molecule is CCOc1ccc(/C(O)=C2\C(=O)C(=O)N(CCN(C)C)[C@H]2c2cccnc2)cc1Cl. The van der Waals surface area contributed by atoms with E-state index in [0.29, 0.717) is 41.6 Å². The average molecular weight is 430 g/mol. The van der Waals surface area contributed by atoms with Crippen LogP contribution in [0.3, 0.4) is 0 Å². The van der Waals surface area contributed by atoms with Crippen LogP contribution in [-0.4, -0.2) is 65.4 Å². The highest BCUT2D eigenvalue weighted by atomic mass is 35.5. The van der Waals surface area contributed by atoms with Crippen LogP contribution >= 0.6 is 11.6 Å². The molecule has 0 radical (unpaired) electrons. The van der Waals surface area contributed by atoms with Crippen LogP contribution in [0.2, 0.25) is 5.02 Å². The molecule has 0 spiro atoms. The Balaban J connectivity index is 2.10. The fourth-order valence-corrected chi connectivity index (χ4v) is 3.61. The Morgan fingerprint density at radius 3 is 2.67 bits per heavy atom. The van der Waals surface area contributed by atoms with Gasteiger partial charge in [-0.05, 0) is 50.8 Å². The molecule has 7 nitrogen and oxygen atoms in total. The maximum atomic E-state index is 12.9. The van der Waals surface area contributed by atoms with Gasteiger partial charge in [0.2, 0.25) is 0 Å². The van der Waals surface area contributed by atoms with Crippen LogP contribution < -0.4 is 4.74 Å². The monoisotopic (exact) mass is 429 g/mol. The number of aliphatic hydroxyl groups excluding tert-OH is 1. The van der Waals surface area contributed by atoms with Gasteiger partial charge in [0.1, 0.15) is 11.5 Å². The van der Waals surface area contributed by atoms with Crippen molar-refractivity contribution in [2.24, 2.45) is 0 Å². The molecule has 158 valence electrons. The first-order valence-electron chi connectivity index (χ1n) is 9.61. The molecule has 1 fully saturated rings. The first-order chi connectivity index (χ1) is 14.3. The molecule has 1 atom stereocenters. The van der Waals surface area contributed by atoms with E-state index >= 15 is 0 Å². The molecule has 0 saturated carbocycles. The number of hydrogen-bond donors (Lipinski definition) is 1. The summed E-state index contributed by atoms with van der Waals surface area (Å²) >= 11 is 6.25. The lowest BCUT2D eigenvalue weighted by Gasteiger charge is -2.26. The van der Waals surface area contributed by atoms with Gasteiger partial charge in [0.15, 0.2) is 0 Å². The molecule has 2 aromatic rings. The zero-order valence-electron chi connectivity index (χ0n) is 17.1. The van der Waals surface area contributed by atoms with Crippen LogP contribution in [0, 0.1) is 0 Å². The summed E-state index contributed by atoms with van der Waals surface area (Å²) in [4.78, 5) is 33.2.